The molecule has 1 N–H and O–H groups in total. The van der Waals surface area contributed by atoms with Crippen LogP contribution in [0.4, 0.5) is 0 Å². The number of rotatable bonds is 0. The molecule has 98 valence electrons. The molecule has 3 aliphatic rings. The number of hydrogen-bond donors (Lipinski definition) is 1. The molecule has 1 aliphatic heterocycles. The van der Waals surface area contributed by atoms with Gasteiger partial charge in [0.1, 0.15) is 0 Å². The third-order valence-electron chi connectivity index (χ3n) is 4.83. The molecule has 3 rings (SSSR count). The van der Waals surface area contributed by atoms with Crippen molar-refractivity contribution in [3.63, 3.8) is 0 Å². The number of aliphatic hydroxyl groups is 1. The minimum Gasteiger partial charge on any atom is -0.389 e. The third kappa shape index (κ3) is 1.64. The molecule has 3 heteroatoms. The highest BCUT2D eigenvalue weighted by molar-refractivity contribution is 5.76. The Labute approximate surface area is 108 Å². The van der Waals surface area contributed by atoms with Crippen LogP contribution in [0.1, 0.15) is 39.0 Å². The van der Waals surface area contributed by atoms with E-state index in [1.54, 1.807) is 6.92 Å². The first-order chi connectivity index (χ1) is 8.63. The molecular weight excluding hydrogens is 226 g/mol. The van der Waals surface area contributed by atoms with Crippen LogP contribution >= 0.6 is 0 Å². The Morgan fingerprint density at radius 2 is 2.33 bits per heavy atom. The molecule has 0 aromatic carbocycles. The highest BCUT2D eigenvalue weighted by atomic mass is 16.3. The lowest BCUT2D eigenvalue weighted by molar-refractivity contribution is -0.140. The van der Waals surface area contributed by atoms with E-state index in [1.807, 2.05) is 4.90 Å². The van der Waals surface area contributed by atoms with Crippen molar-refractivity contribution in [1.82, 2.24) is 4.90 Å². The van der Waals surface area contributed by atoms with E-state index in [1.165, 1.54) is 6.42 Å². The minimum atomic E-state index is -0.618. The van der Waals surface area contributed by atoms with Crippen LogP contribution in [-0.4, -0.2) is 28.1 Å². The highest BCUT2D eigenvalue weighted by Crippen LogP contribution is 2.48. The van der Waals surface area contributed by atoms with Gasteiger partial charge in [-0.3, -0.25) is 4.79 Å². The average Bonchev–Trinajstić information content (AvgIpc) is 2.37. The van der Waals surface area contributed by atoms with Gasteiger partial charge in [0.25, 0.3) is 0 Å². The molecular formula is C15H21NO2. The first-order valence-corrected chi connectivity index (χ1v) is 7.00. The van der Waals surface area contributed by atoms with Crippen LogP contribution in [0.25, 0.3) is 0 Å². The molecule has 0 bridgehead atoms. The van der Waals surface area contributed by atoms with E-state index in [0.717, 1.165) is 31.4 Å². The molecule has 0 aromatic rings. The predicted molar refractivity (Wildman–Crippen MR) is 69.6 cm³/mol. The fourth-order valence-corrected chi connectivity index (χ4v) is 3.88. The summed E-state index contributed by atoms with van der Waals surface area (Å²) in [6.45, 7) is 2.32. The van der Waals surface area contributed by atoms with Crippen molar-refractivity contribution in [1.29, 1.82) is 0 Å². The topological polar surface area (TPSA) is 40.5 Å². The monoisotopic (exact) mass is 247 g/mol. The molecule has 0 aromatic heterocycles. The molecule has 1 saturated carbocycles. The van der Waals surface area contributed by atoms with E-state index in [2.05, 4.69) is 18.2 Å². The Morgan fingerprint density at radius 3 is 3.11 bits per heavy atom. The van der Waals surface area contributed by atoms with Gasteiger partial charge in [-0.15, -0.1) is 0 Å². The number of amides is 1. The van der Waals surface area contributed by atoms with Gasteiger partial charge in [-0.05, 0) is 19.3 Å². The second-order valence-electron chi connectivity index (χ2n) is 5.83. The number of piperidine rings is 1. The zero-order valence-electron chi connectivity index (χ0n) is 10.9. The zero-order valence-corrected chi connectivity index (χ0v) is 10.9. The lowest BCUT2D eigenvalue weighted by Gasteiger charge is -2.53. The fraction of sp³-hybridized carbons (Fsp3) is 0.667. The highest BCUT2D eigenvalue weighted by Gasteiger charge is 2.51. The van der Waals surface area contributed by atoms with Crippen molar-refractivity contribution >= 4 is 5.91 Å². The fourth-order valence-electron chi connectivity index (χ4n) is 3.88. The number of hydrogen-bond acceptors (Lipinski definition) is 2. The van der Waals surface area contributed by atoms with Crippen LogP contribution in [0, 0.1) is 11.8 Å². The second kappa shape index (κ2) is 4.23. The molecule has 1 heterocycles. The van der Waals surface area contributed by atoms with Crippen molar-refractivity contribution in [2.45, 2.75) is 44.6 Å². The largest absolute Gasteiger partial charge is 0.389 e. The molecule has 18 heavy (non-hydrogen) atoms. The molecule has 0 unspecified atom stereocenters. The van der Waals surface area contributed by atoms with Crippen LogP contribution in [0.15, 0.2) is 23.9 Å². The summed E-state index contributed by atoms with van der Waals surface area (Å²) in [6.07, 6.45) is 11.4. The van der Waals surface area contributed by atoms with Gasteiger partial charge in [-0.25, -0.2) is 0 Å². The van der Waals surface area contributed by atoms with Crippen molar-refractivity contribution in [3.8, 4) is 0 Å². The summed E-state index contributed by atoms with van der Waals surface area (Å²) in [6, 6.07) is 0. The Kier molecular flexibility index (Phi) is 2.81. The van der Waals surface area contributed by atoms with E-state index >= 15 is 0 Å². The maximum absolute atomic E-state index is 11.8. The summed E-state index contributed by atoms with van der Waals surface area (Å²) in [5.74, 6) is 0.364. The van der Waals surface area contributed by atoms with Crippen LogP contribution in [-0.2, 0) is 4.79 Å². The lowest BCUT2D eigenvalue weighted by Crippen LogP contribution is -2.58. The van der Waals surface area contributed by atoms with Crippen molar-refractivity contribution < 1.29 is 9.90 Å². The molecule has 3 atom stereocenters. The Balaban J connectivity index is 2.00. The van der Waals surface area contributed by atoms with E-state index in [0.29, 0.717) is 6.54 Å². The van der Waals surface area contributed by atoms with Gasteiger partial charge in [0, 0.05) is 31.0 Å². The number of fused-ring (bicyclic) bond motifs is 3. The van der Waals surface area contributed by atoms with Crippen LogP contribution in [0.2, 0.25) is 0 Å². The Bertz CT molecular complexity index is 426. The van der Waals surface area contributed by atoms with Gasteiger partial charge in [0.05, 0.1) is 5.60 Å². The van der Waals surface area contributed by atoms with Gasteiger partial charge in [-0.1, -0.05) is 31.1 Å². The first kappa shape index (κ1) is 12.0. The smallest absolute Gasteiger partial charge is 0.223 e. The summed E-state index contributed by atoms with van der Waals surface area (Å²) < 4.78 is 0. The van der Waals surface area contributed by atoms with Crippen LogP contribution in [0.3, 0.4) is 0 Å². The number of carbonyl (C=O) groups excluding carboxylic acids is 1. The van der Waals surface area contributed by atoms with E-state index in [9.17, 15) is 9.90 Å². The number of allylic oxidation sites excluding steroid dienone is 2. The average molecular weight is 247 g/mol. The number of likely N-dealkylation sites (tertiary alicyclic amines) is 1. The standard InChI is InChI=1S/C15H21NO2/c1-11(17)16-10-12-6-4-5-9-15(12,18)13-7-2-3-8-14(13)16/h2,7-8,12-13,18H,3-6,9-10H2,1H3/t12-,13+,15+/m0/s1. The molecule has 2 aliphatic carbocycles. The van der Waals surface area contributed by atoms with Crippen molar-refractivity contribution in [3.05, 3.63) is 23.9 Å². The van der Waals surface area contributed by atoms with Gasteiger partial charge in [0.15, 0.2) is 0 Å². The Hall–Kier alpha value is -1.09. The molecule has 1 amide bonds. The van der Waals surface area contributed by atoms with E-state index < -0.39 is 5.60 Å². The van der Waals surface area contributed by atoms with Crippen molar-refractivity contribution in [2.75, 3.05) is 6.54 Å². The first-order valence-electron chi connectivity index (χ1n) is 7.00. The van der Waals surface area contributed by atoms with Gasteiger partial charge >= 0.3 is 0 Å². The number of nitrogens with zero attached hydrogens (tertiary/aromatic N) is 1. The zero-order chi connectivity index (χ0) is 12.8. The summed E-state index contributed by atoms with van der Waals surface area (Å²) in [4.78, 5) is 13.7. The minimum absolute atomic E-state index is 0.0224. The molecule has 0 radical (unpaired) electrons. The molecule has 1 saturated heterocycles. The number of carbonyl (C=O) groups is 1. The van der Waals surface area contributed by atoms with Crippen LogP contribution < -0.4 is 0 Å². The molecule has 2 fully saturated rings. The van der Waals surface area contributed by atoms with Crippen LogP contribution in [0.5, 0.6) is 0 Å². The maximum Gasteiger partial charge on any atom is 0.223 e. The van der Waals surface area contributed by atoms with Gasteiger partial charge in [-0.2, -0.15) is 0 Å². The lowest BCUT2D eigenvalue weighted by atomic mass is 9.63. The van der Waals surface area contributed by atoms with E-state index in [-0.39, 0.29) is 17.7 Å². The normalized spacial score (nSPS) is 38.8. The quantitative estimate of drug-likeness (QED) is 0.667. The Morgan fingerprint density at radius 1 is 1.50 bits per heavy atom. The third-order valence-corrected chi connectivity index (χ3v) is 4.83. The van der Waals surface area contributed by atoms with Crippen molar-refractivity contribution in [2.24, 2.45) is 11.8 Å². The van der Waals surface area contributed by atoms with Gasteiger partial charge in [0.2, 0.25) is 5.91 Å². The second-order valence-corrected chi connectivity index (χ2v) is 5.83. The molecule has 0 spiro atoms. The SMILES string of the molecule is CC(=O)N1C[C@@H]2CCCC[C@]2(O)[C@@H]2C=CCC=C21. The summed E-state index contributed by atoms with van der Waals surface area (Å²) in [5, 5.41) is 11.1. The summed E-state index contributed by atoms with van der Waals surface area (Å²) >= 11 is 0. The maximum atomic E-state index is 11.8. The predicted octanol–water partition coefficient (Wildman–Crippen LogP) is 2.23. The summed E-state index contributed by atoms with van der Waals surface area (Å²) in [5.41, 5.74) is 0.415. The summed E-state index contributed by atoms with van der Waals surface area (Å²) in [7, 11) is 0. The molecule has 3 nitrogen and oxygen atoms in total. The van der Waals surface area contributed by atoms with Gasteiger partial charge < -0.3 is 10.0 Å². The van der Waals surface area contributed by atoms with E-state index in [4.69, 9.17) is 0 Å².